The molecule has 0 radical (unpaired) electrons. The highest BCUT2D eigenvalue weighted by Gasteiger charge is 2.20. The summed E-state index contributed by atoms with van der Waals surface area (Å²) in [5.41, 5.74) is 1.36. The first-order valence-electron chi connectivity index (χ1n) is 8.70. The van der Waals surface area contributed by atoms with Gasteiger partial charge in [-0.15, -0.1) is 0 Å². The minimum absolute atomic E-state index is 0.158. The van der Waals surface area contributed by atoms with Crippen LogP contribution in [0.1, 0.15) is 29.6 Å². The largest absolute Gasteiger partial charge is 0.371 e. The molecule has 2 aromatic rings. The van der Waals surface area contributed by atoms with Gasteiger partial charge in [-0.05, 0) is 49.4 Å². The highest BCUT2D eigenvalue weighted by Crippen LogP contribution is 2.30. The molecule has 2 heterocycles. The Labute approximate surface area is 162 Å². The Hall–Kier alpha value is -1.98. The Kier molecular flexibility index (Phi) is 6.22. The van der Waals surface area contributed by atoms with Crippen molar-refractivity contribution in [3.05, 3.63) is 62.5 Å². The minimum atomic E-state index is -0.213. The number of pyridine rings is 1. The van der Waals surface area contributed by atoms with Crippen LogP contribution >= 0.6 is 23.2 Å². The number of nitrogens with zero attached hydrogens (tertiary/aromatic N) is 1. The zero-order valence-corrected chi connectivity index (χ0v) is 15.8. The van der Waals surface area contributed by atoms with Crippen molar-refractivity contribution in [1.82, 2.24) is 10.3 Å². The van der Waals surface area contributed by atoms with E-state index in [2.05, 4.69) is 15.2 Å². The summed E-state index contributed by atoms with van der Waals surface area (Å²) in [6, 6.07) is 8.63. The van der Waals surface area contributed by atoms with E-state index >= 15 is 0 Å². The van der Waals surface area contributed by atoms with Crippen LogP contribution in [0.2, 0.25) is 10.0 Å². The molecule has 0 saturated carbocycles. The van der Waals surface area contributed by atoms with Gasteiger partial charge in [-0.1, -0.05) is 23.2 Å². The molecule has 5 nitrogen and oxygen atoms in total. The summed E-state index contributed by atoms with van der Waals surface area (Å²) in [6.07, 6.45) is 4.54. The number of H-pyrrole nitrogens is 1. The molecule has 0 unspecified atom stereocenters. The SMILES string of the molecule is O=C(NCCC1CCN(c2ccc(Cl)c(Cl)c2)CC1)c1ccc(=O)[nH]c1. The number of hydrogen-bond donors (Lipinski definition) is 2. The maximum Gasteiger partial charge on any atom is 0.252 e. The summed E-state index contributed by atoms with van der Waals surface area (Å²) in [6.45, 7) is 2.57. The number of piperidine rings is 1. The molecule has 1 aromatic heterocycles. The number of amides is 1. The van der Waals surface area contributed by atoms with E-state index in [9.17, 15) is 9.59 Å². The molecule has 1 aliphatic heterocycles. The van der Waals surface area contributed by atoms with Gasteiger partial charge in [-0.3, -0.25) is 9.59 Å². The van der Waals surface area contributed by atoms with Crippen LogP contribution in [0.5, 0.6) is 0 Å². The quantitative estimate of drug-likeness (QED) is 0.813. The number of anilines is 1. The van der Waals surface area contributed by atoms with Crippen molar-refractivity contribution in [3.8, 4) is 0 Å². The van der Waals surface area contributed by atoms with Crippen molar-refractivity contribution >= 4 is 34.8 Å². The molecule has 1 saturated heterocycles. The van der Waals surface area contributed by atoms with E-state index in [0.29, 0.717) is 28.1 Å². The zero-order valence-electron chi connectivity index (χ0n) is 14.3. The fraction of sp³-hybridized carbons (Fsp3) is 0.368. The van der Waals surface area contributed by atoms with E-state index in [-0.39, 0.29) is 11.5 Å². The lowest BCUT2D eigenvalue weighted by atomic mass is 9.93. The smallest absolute Gasteiger partial charge is 0.252 e. The van der Waals surface area contributed by atoms with Gasteiger partial charge in [0, 0.05) is 37.6 Å². The lowest BCUT2D eigenvalue weighted by Gasteiger charge is -2.33. The zero-order chi connectivity index (χ0) is 18.5. The number of halogens is 2. The Morgan fingerprint density at radius 3 is 2.58 bits per heavy atom. The number of carbonyl (C=O) groups excluding carboxylic acids is 1. The fourth-order valence-electron chi connectivity index (χ4n) is 3.21. The molecule has 0 bridgehead atoms. The molecule has 26 heavy (non-hydrogen) atoms. The molecular weight excluding hydrogens is 373 g/mol. The van der Waals surface area contributed by atoms with Crippen molar-refractivity contribution < 1.29 is 4.79 Å². The maximum atomic E-state index is 12.0. The molecule has 138 valence electrons. The first-order valence-corrected chi connectivity index (χ1v) is 9.45. The van der Waals surface area contributed by atoms with Gasteiger partial charge in [-0.2, -0.15) is 0 Å². The summed E-state index contributed by atoms with van der Waals surface area (Å²) in [4.78, 5) is 27.9. The van der Waals surface area contributed by atoms with Gasteiger partial charge < -0.3 is 15.2 Å². The number of aromatic nitrogens is 1. The second kappa shape index (κ2) is 8.60. The summed E-state index contributed by atoms with van der Waals surface area (Å²) < 4.78 is 0. The number of carbonyl (C=O) groups is 1. The van der Waals surface area contributed by atoms with Crippen LogP contribution in [0.3, 0.4) is 0 Å². The van der Waals surface area contributed by atoms with Gasteiger partial charge in [0.25, 0.3) is 5.91 Å². The fourth-order valence-corrected chi connectivity index (χ4v) is 3.50. The summed E-state index contributed by atoms with van der Waals surface area (Å²) >= 11 is 12.1. The van der Waals surface area contributed by atoms with E-state index < -0.39 is 0 Å². The van der Waals surface area contributed by atoms with Gasteiger partial charge in [0.05, 0.1) is 15.6 Å². The summed E-state index contributed by atoms with van der Waals surface area (Å²) in [5.74, 6) is 0.430. The van der Waals surface area contributed by atoms with Crippen LogP contribution in [0, 0.1) is 5.92 Å². The van der Waals surface area contributed by atoms with Crippen LogP contribution < -0.4 is 15.8 Å². The molecule has 2 N–H and O–H groups in total. The van der Waals surface area contributed by atoms with Crippen LogP contribution in [0.15, 0.2) is 41.3 Å². The van der Waals surface area contributed by atoms with Crippen LogP contribution in [-0.2, 0) is 0 Å². The van der Waals surface area contributed by atoms with Crippen molar-refractivity contribution in [3.63, 3.8) is 0 Å². The van der Waals surface area contributed by atoms with E-state index in [1.165, 1.54) is 18.3 Å². The highest BCUT2D eigenvalue weighted by atomic mass is 35.5. The minimum Gasteiger partial charge on any atom is -0.371 e. The number of nitrogens with one attached hydrogen (secondary N) is 2. The average Bonchev–Trinajstić information content (AvgIpc) is 2.65. The Balaban J connectivity index is 1.42. The van der Waals surface area contributed by atoms with Crippen molar-refractivity contribution in [2.75, 3.05) is 24.5 Å². The second-order valence-corrected chi connectivity index (χ2v) is 7.33. The predicted molar refractivity (Wildman–Crippen MR) is 105 cm³/mol. The highest BCUT2D eigenvalue weighted by molar-refractivity contribution is 6.42. The average molecular weight is 394 g/mol. The molecule has 1 aromatic carbocycles. The van der Waals surface area contributed by atoms with E-state index in [4.69, 9.17) is 23.2 Å². The van der Waals surface area contributed by atoms with Crippen LogP contribution in [0.4, 0.5) is 5.69 Å². The molecule has 0 spiro atoms. The van der Waals surface area contributed by atoms with Gasteiger partial charge in [0.2, 0.25) is 5.56 Å². The van der Waals surface area contributed by atoms with Crippen LogP contribution in [0.25, 0.3) is 0 Å². The Morgan fingerprint density at radius 2 is 1.92 bits per heavy atom. The van der Waals surface area contributed by atoms with Crippen molar-refractivity contribution in [1.29, 1.82) is 0 Å². The maximum absolute atomic E-state index is 12.0. The van der Waals surface area contributed by atoms with Gasteiger partial charge in [-0.25, -0.2) is 0 Å². The Morgan fingerprint density at radius 1 is 1.15 bits per heavy atom. The monoisotopic (exact) mass is 393 g/mol. The number of benzene rings is 1. The lowest BCUT2D eigenvalue weighted by molar-refractivity contribution is 0.0950. The summed E-state index contributed by atoms with van der Waals surface area (Å²) in [5, 5.41) is 4.07. The number of hydrogen-bond acceptors (Lipinski definition) is 3. The third-order valence-electron chi connectivity index (χ3n) is 4.77. The standard InChI is InChI=1S/C19H21Cl2N3O2/c20-16-3-2-15(11-17(16)21)24-9-6-13(7-10-24)5-8-22-19(26)14-1-4-18(25)23-12-14/h1-4,11-13H,5-10H2,(H,22,26)(H,23,25). The van der Waals surface area contributed by atoms with Gasteiger partial charge in [0.15, 0.2) is 0 Å². The predicted octanol–water partition coefficient (Wildman–Crippen LogP) is 3.72. The normalized spacial score (nSPS) is 15.1. The molecule has 1 fully saturated rings. The molecule has 7 heteroatoms. The van der Waals surface area contributed by atoms with E-state index in [1.807, 2.05) is 18.2 Å². The second-order valence-electron chi connectivity index (χ2n) is 6.52. The molecule has 1 aliphatic rings. The third-order valence-corrected chi connectivity index (χ3v) is 5.51. The molecule has 3 rings (SSSR count). The molecule has 1 amide bonds. The van der Waals surface area contributed by atoms with Crippen molar-refractivity contribution in [2.24, 2.45) is 5.92 Å². The van der Waals surface area contributed by atoms with E-state index in [0.717, 1.165) is 38.0 Å². The first-order chi connectivity index (χ1) is 12.5. The number of aromatic amines is 1. The lowest BCUT2D eigenvalue weighted by Crippen LogP contribution is -2.35. The third kappa shape index (κ3) is 4.80. The first kappa shape index (κ1) is 18.8. The Bertz CT molecular complexity index is 809. The van der Waals surface area contributed by atoms with Crippen LogP contribution in [-0.4, -0.2) is 30.5 Å². The topological polar surface area (TPSA) is 65.2 Å². The molecule has 0 atom stereocenters. The molecular formula is C19H21Cl2N3O2. The number of rotatable bonds is 5. The molecule has 0 aliphatic carbocycles. The summed E-state index contributed by atoms with van der Waals surface area (Å²) in [7, 11) is 0. The van der Waals surface area contributed by atoms with Gasteiger partial charge in [0.1, 0.15) is 0 Å². The van der Waals surface area contributed by atoms with Crippen molar-refractivity contribution in [2.45, 2.75) is 19.3 Å². The van der Waals surface area contributed by atoms with E-state index in [1.54, 1.807) is 0 Å². The van der Waals surface area contributed by atoms with Gasteiger partial charge >= 0.3 is 0 Å².